The second-order valence-corrected chi connectivity index (χ2v) is 7.18. The summed E-state index contributed by atoms with van der Waals surface area (Å²) < 4.78 is 31.1. The SMILES string of the molecule is CC(=O)N[C@@H](C)COc1ccc(OCc2ccc(OCC3CC3)cc2F)cc1. The van der Waals surface area contributed by atoms with E-state index < -0.39 is 0 Å². The van der Waals surface area contributed by atoms with Gasteiger partial charge >= 0.3 is 0 Å². The molecule has 1 amide bonds. The van der Waals surface area contributed by atoms with Crippen LogP contribution in [-0.2, 0) is 11.4 Å². The Hall–Kier alpha value is -2.76. The summed E-state index contributed by atoms with van der Waals surface area (Å²) in [6.45, 7) is 4.51. The van der Waals surface area contributed by atoms with Gasteiger partial charge < -0.3 is 19.5 Å². The second-order valence-electron chi connectivity index (χ2n) is 7.18. The van der Waals surface area contributed by atoms with Crippen LogP contribution in [0.2, 0.25) is 0 Å². The number of carbonyl (C=O) groups is 1. The van der Waals surface area contributed by atoms with Crippen LogP contribution in [-0.4, -0.2) is 25.2 Å². The Kier molecular flexibility index (Phi) is 6.74. The first-order chi connectivity index (χ1) is 13.5. The number of benzene rings is 2. The number of hydrogen-bond donors (Lipinski definition) is 1. The lowest BCUT2D eigenvalue weighted by Crippen LogP contribution is -2.35. The molecule has 6 heteroatoms. The van der Waals surface area contributed by atoms with E-state index >= 15 is 0 Å². The number of hydrogen-bond acceptors (Lipinski definition) is 4. The van der Waals surface area contributed by atoms with Gasteiger partial charge in [0.1, 0.15) is 36.3 Å². The van der Waals surface area contributed by atoms with Gasteiger partial charge in [-0.05, 0) is 62.1 Å². The lowest BCUT2D eigenvalue weighted by Gasteiger charge is -2.14. The third-order valence-corrected chi connectivity index (χ3v) is 4.37. The van der Waals surface area contributed by atoms with Crippen molar-refractivity contribution < 1.29 is 23.4 Å². The predicted molar refractivity (Wildman–Crippen MR) is 104 cm³/mol. The Bertz CT molecular complexity index is 790. The normalized spacial score (nSPS) is 14.2. The number of ether oxygens (including phenoxy) is 3. The van der Waals surface area contributed by atoms with Crippen LogP contribution in [0.3, 0.4) is 0 Å². The van der Waals surface area contributed by atoms with Crippen LogP contribution in [0.1, 0.15) is 32.3 Å². The van der Waals surface area contributed by atoms with E-state index in [4.69, 9.17) is 14.2 Å². The molecule has 0 radical (unpaired) electrons. The molecule has 1 aliphatic rings. The first kappa shape index (κ1) is 20.0. The Labute approximate surface area is 164 Å². The third-order valence-electron chi connectivity index (χ3n) is 4.37. The topological polar surface area (TPSA) is 56.8 Å². The quantitative estimate of drug-likeness (QED) is 0.667. The molecule has 0 aliphatic heterocycles. The summed E-state index contributed by atoms with van der Waals surface area (Å²) in [4.78, 5) is 11.0. The summed E-state index contributed by atoms with van der Waals surface area (Å²) in [5.74, 6) is 2.06. The van der Waals surface area contributed by atoms with Crippen LogP contribution >= 0.6 is 0 Å². The number of carbonyl (C=O) groups excluding carboxylic acids is 1. The van der Waals surface area contributed by atoms with E-state index in [9.17, 15) is 9.18 Å². The number of amides is 1. The molecule has 2 aromatic carbocycles. The molecule has 0 saturated heterocycles. The molecule has 28 heavy (non-hydrogen) atoms. The second kappa shape index (κ2) is 9.44. The molecule has 1 aliphatic carbocycles. The third kappa shape index (κ3) is 6.44. The van der Waals surface area contributed by atoms with Crippen LogP contribution in [0.5, 0.6) is 17.2 Å². The fourth-order valence-electron chi connectivity index (χ4n) is 2.64. The lowest BCUT2D eigenvalue weighted by molar-refractivity contribution is -0.119. The van der Waals surface area contributed by atoms with E-state index in [-0.39, 0.29) is 24.4 Å². The van der Waals surface area contributed by atoms with Crippen LogP contribution in [0.4, 0.5) is 4.39 Å². The Morgan fingerprint density at radius 1 is 1.07 bits per heavy atom. The summed E-state index contributed by atoms with van der Waals surface area (Å²) in [6, 6.07) is 11.9. The summed E-state index contributed by atoms with van der Waals surface area (Å²) in [6.07, 6.45) is 2.40. The average Bonchev–Trinajstić information content (AvgIpc) is 3.49. The molecule has 2 aromatic rings. The first-order valence-corrected chi connectivity index (χ1v) is 9.53. The fourth-order valence-corrected chi connectivity index (χ4v) is 2.64. The molecular formula is C22H26FNO4. The smallest absolute Gasteiger partial charge is 0.217 e. The van der Waals surface area contributed by atoms with Gasteiger partial charge in [0.25, 0.3) is 0 Å². The van der Waals surface area contributed by atoms with Crippen molar-refractivity contribution in [2.75, 3.05) is 13.2 Å². The Balaban J connectivity index is 1.45. The maximum absolute atomic E-state index is 14.2. The van der Waals surface area contributed by atoms with Crippen molar-refractivity contribution in [3.05, 3.63) is 53.8 Å². The van der Waals surface area contributed by atoms with Gasteiger partial charge in [0.05, 0.1) is 12.6 Å². The van der Waals surface area contributed by atoms with E-state index in [1.807, 2.05) is 6.92 Å². The molecular weight excluding hydrogens is 361 g/mol. The zero-order valence-electron chi connectivity index (χ0n) is 16.2. The average molecular weight is 387 g/mol. The van der Waals surface area contributed by atoms with Gasteiger partial charge in [0.2, 0.25) is 5.91 Å². The van der Waals surface area contributed by atoms with Crippen molar-refractivity contribution in [2.45, 2.75) is 39.3 Å². The maximum atomic E-state index is 14.2. The van der Waals surface area contributed by atoms with Crippen LogP contribution in [0, 0.1) is 11.7 Å². The highest BCUT2D eigenvalue weighted by Crippen LogP contribution is 2.30. The van der Waals surface area contributed by atoms with Crippen molar-refractivity contribution in [2.24, 2.45) is 5.92 Å². The summed E-state index contributed by atoms with van der Waals surface area (Å²) in [7, 11) is 0. The fraction of sp³-hybridized carbons (Fsp3) is 0.409. The van der Waals surface area contributed by atoms with Gasteiger partial charge in [-0.1, -0.05) is 0 Å². The molecule has 1 saturated carbocycles. The summed E-state index contributed by atoms with van der Waals surface area (Å²) in [5.41, 5.74) is 0.475. The molecule has 1 N–H and O–H groups in total. The van der Waals surface area contributed by atoms with Crippen LogP contribution in [0.25, 0.3) is 0 Å². The van der Waals surface area contributed by atoms with E-state index in [0.717, 1.165) is 0 Å². The molecule has 0 bridgehead atoms. The monoisotopic (exact) mass is 387 g/mol. The van der Waals surface area contributed by atoms with Gasteiger partial charge in [0, 0.05) is 18.6 Å². The van der Waals surface area contributed by atoms with E-state index in [1.54, 1.807) is 36.4 Å². The minimum absolute atomic E-state index is 0.0763. The predicted octanol–water partition coefficient (Wildman–Crippen LogP) is 4.10. The number of nitrogens with one attached hydrogen (secondary N) is 1. The largest absolute Gasteiger partial charge is 0.493 e. The highest BCUT2D eigenvalue weighted by Gasteiger charge is 2.22. The molecule has 0 spiro atoms. The molecule has 3 rings (SSSR count). The van der Waals surface area contributed by atoms with Crippen molar-refractivity contribution in [1.82, 2.24) is 5.32 Å². The molecule has 0 unspecified atom stereocenters. The van der Waals surface area contributed by atoms with Crippen molar-refractivity contribution in [3.63, 3.8) is 0 Å². The van der Waals surface area contributed by atoms with Gasteiger partial charge in [-0.3, -0.25) is 4.79 Å². The van der Waals surface area contributed by atoms with Gasteiger partial charge in [0.15, 0.2) is 0 Å². The zero-order valence-corrected chi connectivity index (χ0v) is 16.2. The van der Waals surface area contributed by atoms with Crippen molar-refractivity contribution in [3.8, 4) is 17.2 Å². The van der Waals surface area contributed by atoms with E-state index in [2.05, 4.69) is 5.32 Å². The molecule has 150 valence electrons. The van der Waals surface area contributed by atoms with Gasteiger partial charge in [-0.2, -0.15) is 0 Å². The first-order valence-electron chi connectivity index (χ1n) is 9.53. The zero-order chi connectivity index (χ0) is 19.9. The van der Waals surface area contributed by atoms with Crippen molar-refractivity contribution >= 4 is 5.91 Å². The highest BCUT2D eigenvalue weighted by molar-refractivity contribution is 5.73. The molecule has 1 atom stereocenters. The summed E-state index contributed by atoms with van der Waals surface area (Å²) >= 11 is 0. The molecule has 0 aromatic heterocycles. The van der Waals surface area contributed by atoms with Crippen LogP contribution in [0.15, 0.2) is 42.5 Å². The Morgan fingerprint density at radius 2 is 1.71 bits per heavy atom. The van der Waals surface area contributed by atoms with Crippen LogP contribution < -0.4 is 19.5 Å². The van der Waals surface area contributed by atoms with E-state index in [1.165, 1.54) is 25.8 Å². The molecule has 1 fully saturated rings. The molecule has 0 heterocycles. The Morgan fingerprint density at radius 3 is 2.32 bits per heavy atom. The van der Waals surface area contributed by atoms with Crippen molar-refractivity contribution in [1.29, 1.82) is 0 Å². The highest BCUT2D eigenvalue weighted by atomic mass is 19.1. The standard InChI is InChI=1S/C22H26FNO4/c1-15(24-16(2)25)12-26-19-7-9-20(10-8-19)28-14-18-5-6-21(11-22(18)23)27-13-17-3-4-17/h5-11,15,17H,3-4,12-14H2,1-2H3,(H,24,25)/t15-/m0/s1. The molecule has 5 nitrogen and oxygen atoms in total. The van der Waals surface area contributed by atoms with Gasteiger partial charge in [-0.25, -0.2) is 4.39 Å². The minimum Gasteiger partial charge on any atom is -0.493 e. The minimum atomic E-state index is -0.333. The van der Waals surface area contributed by atoms with Gasteiger partial charge in [-0.15, -0.1) is 0 Å². The maximum Gasteiger partial charge on any atom is 0.217 e. The number of halogens is 1. The summed E-state index contributed by atoms with van der Waals surface area (Å²) in [5, 5.41) is 2.76. The lowest BCUT2D eigenvalue weighted by atomic mass is 10.2. The van der Waals surface area contributed by atoms with E-state index in [0.29, 0.717) is 41.9 Å². The number of rotatable bonds is 10.